The van der Waals surface area contributed by atoms with Gasteiger partial charge in [0.1, 0.15) is 5.60 Å². The van der Waals surface area contributed by atoms with E-state index in [1.807, 2.05) is 61.9 Å². The Hall–Kier alpha value is -2.60. The van der Waals surface area contributed by atoms with Crippen LogP contribution in [0.15, 0.2) is 55.1 Å². The maximum absolute atomic E-state index is 12.3. The van der Waals surface area contributed by atoms with Gasteiger partial charge >= 0.3 is 6.09 Å². The predicted octanol–water partition coefficient (Wildman–Crippen LogP) is 4.24. The lowest BCUT2D eigenvalue weighted by Crippen LogP contribution is -2.44. The Kier molecular flexibility index (Phi) is 6.52. The molecule has 2 aromatic rings. The fourth-order valence-corrected chi connectivity index (χ4v) is 3.28. The molecule has 0 bridgehead atoms. The Balaban J connectivity index is 1.65. The second-order valence-electron chi connectivity index (χ2n) is 8.10. The number of alkyl carbamates (subject to hydrolysis) is 1. The normalized spacial score (nSPS) is 19.8. The monoisotopic (exact) mass is 383 g/mol. The second kappa shape index (κ2) is 9.06. The number of hydrogen-bond donors (Lipinski definition) is 1. The van der Waals surface area contributed by atoms with E-state index in [1.54, 1.807) is 12.5 Å². The molecule has 0 saturated heterocycles. The SMILES string of the molecule is CC(C)(C)OC(=O)NC1C=C(n2ccnc2)CCC1COCc1ccccc1. The lowest BCUT2D eigenvalue weighted by atomic mass is 9.88. The van der Waals surface area contributed by atoms with Crippen molar-refractivity contribution in [3.8, 4) is 0 Å². The molecule has 2 unspecified atom stereocenters. The van der Waals surface area contributed by atoms with Crippen LogP contribution in [0.25, 0.3) is 5.70 Å². The van der Waals surface area contributed by atoms with Gasteiger partial charge in [0.15, 0.2) is 0 Å². The van der Waals surface area contributed by atoms with E-state index >= 15 is 0 Å². The van der Waals surface area contributed by atoms with Crippen molar-refractivity contribution in [3.05, 3.63) is 60.7 Å². The van der Waals surface area contributed by atoms with Gasteiger partial charge in [-0.3, -0.25) is 0 Å². The molecule has 0 spiro atoms. The van der Waals surface area contributed by atoms with E-state index in [2.05, 4.69) is 16.4 Å². The number of ether oxygens (including phenoxy) is 2. The number of nitrogens with one attached hydrogen (secondary N) is 1. The number of amides is 1. The summed E-state index contributed by atoms with van der Waals surface area (Å²) in [6.07, 6.45) is 8.96. The van der Waals surface area contributed by atoms with Crippen LogP contribution >= 0.6 is 0 Å². The molecular weight excluding hydrogens is 354 g/mol. The average molecular weight is 383 g/mol. The van der Waals surface area contributed by atoms with E-state index in [9.17, 15) is 4.79 Å². The van der Waals surface area contributed by atoms with Crippen LogP contribution in [0.3, 0.4) is 0 Å². The van der Waals surface area contributed by atoms with Crippen LogP contribution in [0.1, 0.15) is 39.2 Å². The molecule has 0 aliphatic heterocycles. The highest BCUT2D eigenvalue weighted by molar-refractivity contribution is 5.69. The molecule has 1 N–H and O–H groups in total. The number of rotatable bonds is 6. The predicted molar refractivity (Wildman–Crippen MR) is 108 cm³/mol. The summed E-state index contributed by atoms with van der Waals surface area (Å²) in [5.41, 5.74) is 1.73. The molecule has 6 heteroatoms. The summed E-state index contributed by atoms with van der Waals surface area (Å²) in [4.78, 5) is 16.5. The molecule has 1 heterocycles. The fourth-order valence-electron chi connectivity index (χ4n) is 3.28. The summed E-state index contributed by atoms with van der Waals surface area (Å²) in [5, 5.41) is 3.01. The zero-order valence-electron chi connectivity index (χ0n) is 16.8. The largest absolute Gasteiger partial charge is 0.444 e. The Morgan fingerprint density at radius 2 is 2.07 bits per heavy atom. The smallest absolute Gasteiger partial charge is 0.408 e. The number of carbonyl (C=O) groups excluding carboxylic acids is 1. The second-order valence-corrected chi connectivity index (χ2v) is 8.10. The van der Waals surface area contributed by atoms with Crippen molar-refractivity contribution in [2.75, 3.05) is 6.61 Å². The molecule has 1 amide bonds. The van der Waals surface area contributed by atoms with Gasteiger partial charge in [0.25, 0.3) is 0 Å². The van der Waals surface area contributed by atoms with E-state index < -0.39 is 11.7 Å². The first kappa shape index (κ1) is 20.1. The van der Waals surface area contributed by atoms with Gasteiger partial charge in [-0.25, -0.2) is 9.78 Å². The van der Waals surface area contributed by atoms with Crippen molar-refractivity contribution < 1.29 is 14.3 Å². The molecule has 2 atom stereocenters. The fraction of sp³-hybridized carbons (Fsp3) is 0.455. The third-order valence-corrected chi connectivity index (χ3v) is 4.61. The van der Waals surface area contributed by atoms with Crippen molar-refractivity contribution in [1.82, 2.24) is 14.9 Å². The number of imidazole rings is 1. The number of allylic oxidation sites excluding steroid dienone is 1. The maximum Gasteiger partial charge on any atom is 0.408 e. The average Bonchev–Trinajstić information content (AvgIpc) is 3.17. The number of carbonyl (C=O) groups is 1. The first-order valence-corrected chi connectivity index (χ1v) is 9.71. The molecule has 0 radical (unpaired) electrons. The highest BCUT2D eigenvalue weighted by Crippen LogP contribution is 2.27. The van der Waals surface area contributed by atoms with E-state index in [0.717, 1.165) is 24.1 Å². The van der Waals surface area contributed by atoms with Gasteiger partial charge in [0.05, 0.1) is 25.6 Å². The highest BCUT2D eigenvalue weighted by Gasteiger charge is 2.28. The van der Waals surface area contributed by atoms with Gasteiger partial charge < -0.3 is 19.4 Å². The van der Waals surface area contributed by atoms with E-state index in [1.165, 1.54) is 0 Å². The summed E-state index contributed by atoms with van der Waals surface area (Å²) in [5.74, 6) is 0.184. The minimum atomic E-state index is -0.533. The molecule has 0 fully saturated rings. The molecule has 1 aromatic heterocycles. The van der Waals surface area contributed by atoms with Crippen LogP contribution in [0.5, 0.6) is 0 Å². The van der Waals surface area contributed by atoms with Crippen molar-refractivity contribution in [2.24, 2.45) is 5.92 Å². The summed E-state index contributed by atoms with van der Waals surface area (Å²) in [6, 6.07) is 9.95. The minimum Gasteiger partial charge on any atom is -0.444 e. The maximum atomic E-state index is 12.3. The van der Waals surface area contributed by atoms with Crippen LogP contribution in [-0.2, 0) is 16.1 Å². The molecule has 1 aliphatic rings. The Labute approximate surface area is 166 Å². The molecule has 150 valence electrons. The zero-order valence-corrected chi connectivity index (χ0v) is 16.8. The molecule has 1 aliphatic carbocycles. The van der Waals surface area contributed by atoms with Gasteiger partial charge in [-0.1, -0.05) is 30.3 Å². The lowest BCUT2D eigenvalue weighted by molar-refractivity contribution is 0.0432. The van der Waals surface area contributed by atoms with Gasteiger partial charge in [0, 0.05) is 24.0 Å². The molecule has 1 aromatic carbocycles. The van der Waals surface area contributed by atoms with E-state index in [4.69, 9.17) is 9.47 Å². The first-order chi connectivity index (χ1) is 13.4. The van der Waals surface area contributed by atoms with E-state index in [0.29, 0.717) is 13.2 Å². The van der Waals surface area contributed by atoms with Crippen LogP contribution in [0.2, 0.25) is 0 Å². The topological polar surface area (TPSA) is 65.4 Å². The first-order valence-electron chi connectivity index (χ1n) is 9.71. The van der Waals surface area contributed by atoms with Gasteiger partial charge in [0.2, 0.25) is 0 Å². The zero-order chi connectivity index (χ0) is 20.0. The quantitative estimate of drug-likeness (QED) is 0.810. The van der Waals surface area contributed by atoms with Crippen LogP contribution in [-0.4, -0.2) is 33.9 Å². The van der Waals surface area contributed by atoms with Gasteiger partial charge in [-0.05, 0) is 45.3 Å². The Bertz CT molecular complexity index is 779. The van der Waals surface area contributed by atoms with Crippen molar-refractivity contribution >= 4 is 11.8 Å². The third kappa shape index (κ3) is 5.96. The summed E-state index contributed by atoms with van der Waals surface area (Å²) < 4.78 is 13.4. The standard InChI is InChI=1S/C22H29N3O3/c1-22(2,3)28-21(26)24-20-13-19(25-12-11-23-16-25)10-9-18(20)15-27-14-17-7-5-4-6-8-17/h4-8,11-13,16,18,20H,9-10,14-15H2,1-3H3,(H,24,26). The summed E-state index contributed by atoms with van der Waals surface area (Å²) in [7, 11) is 0. The molecule has 6 nitrogen and oxygen atoms in total. The molecule has 0 saturated carbocycles. The van der Waals surface area contributed by atoms with Crippen molar-refractivity contribution in [3.63, 3.8) is 0 Å². The Morgan fingerprint density at radius 1 is 1.29 bits per heavy atom. The van der Waals surface area contributed by atoms with Crippen LogP contribution < -0.4 is 5.32 Å². The Morgan fingerprint density at radius 3 is 2.75 bits per heavy atom. The number of nitrogens with zero attached hydrogens (tertiary/aromatic N) is 2. The van der Waals surface area contributed by atoms with Crippen molar-refractivity contribution in [1.29, 1.82) is 0 Å². The lowest BCUT2D eigenvalue weighted by Gasteiger charge is -2.32. The van der Waals surface area contributed by atoms with E-state index in [-0.39, 0.29) is 12.0 Å². The molecule has 3 rings (SSSR count). The number of benzene rings is 1. The summed E-state index contributed by atoms with van der Waals surface area (Å²) in [6.45, 7) is 6.72. The van der Waals surface area contributed by atoms with Crippen LogP contribution in [0, 0.1) is 5.92 Å². The number of hydrogen-bond acceptors (Lipinski definition) is 4. The molecule has 28 heavy (non-hydrogen) atoms. The third-order valence-electron chi connectivity index (χ3n) is 4.61. The molecular formula is C22H29N3O3. The van der Waals surface area contributed by atoms with Gasteiger partial charge in [-0.15, -0.1) is 0 Å². The summed E-state index contributed by atoms with van der Waals surface area (Å²) >= 11 is 0. The number of aromatic nitrogens is 2. The minimum absolute atomic E-state index is 0.156. The van der Waals surface area contributed by atoms with Crippen molar-refractivity contribution in [2.45, 2.75) is 51.9 Å². The highest BCUT2D eigenvalue weighted by atomic mass is 16.6. The van der Waals surface area contributed by atoms with Crippen LogP contribution in [0.4, 0.5) is 4.79 Å². The van der Waals surface area contributed by atoms with Gasteiger partial charge in [-0.2, -0.15) is 0 Å².